The van der Waals surface area contributed by atoms with Crippen LogP contribution in [0.3, 0.4) is 0 Å². The second-order valence-electron chi connectivity index (χ2n) is 8.62. The first kappa shape index (κ1) is 21.2. The molecule has 2 fully saturated rings. The molecule has 0 unspecified atom stereocenters. The standard InChI is InChI=1S/C24H21FN6.C2H6/c1-12-19(25)8-20-18(11-29-30-20)22(12)31-23-15(7-13-3-2-4-13)21(14-5-6-14)28-10-17(23)16(9-26)24(31)27;1-2/h7-8,10-11,14H,2-6,27H2,1H3,(H,29,30);1-2H3. The lowest BCUT2D eigenvalue weighted by Crippen LogP contribution is -2.07. The van der Waals surface area contributed by atoms with E-state index in [0.29, 0.717) is 39.5 Å². The Bertz CT molecular complexity index is 1460. The first-order valence-electron chi connectivity index (χ1n) is 11.6. The SMILES string of the molecule is CC.Cc1c(F)cc2[nH]ncc2c1-n1c(N)c(C#N)c2cnc(C3CC3)c(C=C3CCC3)c21. The summed E-state index contributed by atoms with van der Waals surface area (Å²) in [5.41, 5.74) is 12.9. The predicted molar refractivity (Wildman–Crippen MR) is 130 cm³/mol. The molecule has 7 heteroatoms. The largest absolute Gasteiger partial charge is 0.384 e. The Kier molecular flexibility index (Phi) is 5.16. The molecule has 3 heterocycles. The molecule has 3 N–H and O–H groups in total. The highest BCUT2D eigenvalue weighted by atomic mass is 19.1. The normalized spacial score (nSPS) is 15.2. The summed E-state index contributed by atoms with van der Waals surface area (Å²) in [7, 11) is 0. The molecule has 2 saturated carbocycles. The Morgan fingerprint density at radius 1 is 1.24 bits per heavy atom. The maximum Gasteiger partial charge on any atom is 0.130 e. The number of anilines is 1. The Morgan fingerprint density at radius 2 is 2.00 bits per heavy atom. The van der Waals surface area contributed by atoms with Gasteiger partial charge in [-0.1, -0.05) is 25.5 Å². The second kappa shape index (κ2) is 8.04. The van der Waals surface area contributed by atoms with Gasteiger partial charge in [-0.25, -0.2) is 4.39 Å². The minimum Gasteiger partial charge on any atom is -0.384 e. The van der Waals surface area contributed by atoms with Crippen molar-refractivity contribution in [2.45, 2.75) is 58.8 Å². The number of nitrogens with one attached hydrogen (secondary N) is 1. The molecule has 168 valence electrons. The van der Waals surface area contributed by atoms with Crippen molar-refractivity contribution in [2.75, 3.05) is 5.73 Å². The maximum atomic E-state index is 14.9. The van der Waals surface area contributed by atoms with Gasteiger partial charge in [0.25, 0.3) is 0 Å². The number of rotatable bonds is 3. The van der Waals surface area contributed by atoms with Crippen molar-refractivity contribution in [2.24, 2.45) is 0 Å². The third kappa shape index (κ3) is 3.20. The van der Waals surface area contributed by atoms with Crippen LogP contribution in [0.4, 0.5) is 10.2 Å². The van der Waals surface area contributed by atoms with Gasteiger partial charge in [0.1, 0.15) is 23.3 Å². The highest BCUT2D eigenvalue weighted by molar-refractivity contribution is 6.02. The van der Waals surface area contributed by atoms with E-state index in [4.69, 9.17) is 10.7 Å². The quantitative estimate of drug-likeness (QED) is 0.390. The zero-order chi connectivity index (χ0) is 23.3. The van der Waals surface area contributed by atoms with E-state index in [0.717, 1.165) is 47.8 Å². The average molecular weight is 443 g/mol. The summed E-state index contributed by atoms with van der Waals surface area (Å²) in [6.45, 7) is 5.74. The van der Waals surface area contributed by atoms with Crippen LogP contribution < -0.4 is 5.73 Å². The van der Waals surface area contributed by atoms with Crippen LogP contribution in [0.5, 0.6) is 0 Å². The fraction of sp³-hybridized carbons (Fsp3) is 0.346. The van der Waals surface area contributed by atoms with Crippen molar-refractivity contribution in [1.82, 2.24) is 19.7 Å². The van der Waals surface area contributed by atoms with Crippen LogP contribution in [0.25, 0.3) is 33.6 Å². The third-order valence-electron chi connectivity index (χ3n) is 6.66. The number of halogens is 1. The van der Waals surface area contributed by atoms with Crippen molar-refractivity contribution in [3.63, 3.8) is 0 Å². The van der Waals surface area contributed by atoms with Crippen LogP contribution in [0.15, 0.2) is 24.0 Å². The smallest absolute Gasteiger partial charge is 0.130 e. The van der Waals surface area contributed by atoms with Gasteiger partial charge in [0.15, 0.2) is 0 Å². The molecule has 3 aromatic heterocycles. The van der Waals surface area contributed by atoms with Crippen molar-refractivity contribution in [3.05, 3.63) is 52.2 Å². The number of hydrogen-bond acceptors (Lipinski definition) is 4. The molecule has 0 radical (unpaired) electrons. The average Bonchev–Trinajstić information content (AvgIpc) is 3.47. The summed E-state index contributed by atoms with van der Waals surface area (Å²) in [4.78, 5) is 4.77. The maximum absolute atomic E-state index is 14.9. The number of aromatic nitrogens is 4. The number of aromatic amines is 1. The number of hydrogen-bond donors (Lipinski definition) is 2. The summed E-state index contributed by atoms with van der Waals surface area (Å²) >= 11 is 0. The number of nitrogens with two attached hydrogens (primary N) is 1. The molecule has 0 saturated heterocycles. The molecular weight excluding hydrogens is 415 g/mol. The van der Waals surface area contributed by atoms with E-state index in [1.807, 2.05) is 18.4 Å². The van der Waals surface area contributed by atoms with Crippen LogP contribution in [-0.4, -0.2) is 19.7 Å². The molecule has 2 aliphatic carbocycles. The molecule has 4 aromatic rings. The van der Waals surface area contributed by atoms with Gasteiger partial charge in [-0.15, -0.1) is 0 Å². The van der Waals surface area contributed by atoms with Crippen LogP contribution >= 0.6 is 0 Å². The lowest BCUT2D eigenvalue weighted by atomic mass is 9.89. The van der Waals surface area contributed by atoms with Gasteiger partial charge in [-0.2, -0.15) is 10.4 Å². The topological polar surface area (TPSA) is 96.3 Å². The molecule has 0 atom stereocenters. The first-order chi connectivity index (χ1) is 16.1. The Labute approximate surface area is 191 Å². The Hall–Kier alpha value is -3.66. The van der Waals surface area contributed by atoms with Crippen molar-refractivity contribution < 1.29 is 4.39 Å². The highest BCUT2D eigenvalue weighted by Gasteiger charge is 2.31. The number of fused-ring (bicyclic) bond motifs is 2. The number of nitrogens with zero attached hydrogens (tertiary/aromatic N) is 4. The van der Waals surface area contributed by atoms with E-state index in [-0.39, 0.29) is 5.82 Å². The molecule has 0 aliphatic heterocycles. The summed E-state index contributed by atoms with van der Waals surface area (Å²) in [5, 5.41) is 18.4. The van der Waals surface area contributed by atoms with E-state index >= 15 is 0 Å². The van der Waals surface area contributed by atoms with Crippen molar-refractivity contribution in [1.29, 1.82) is 5.26 Å². The van der Waals surface area contributed by atoms with Gasteiger partial charge in [-0.05, 0) is 45.1 Å². The van der Waals surface area contributed by atoms with E-state index < -0.39 is 0 Å². The molecule has 2 aliphatic rings. The number of H-pyrrole nitrogens is 1. The van der Waals surface area contributed by atoms with E-state index in [1.54, 1.807) is 19.3 Å². The van der Waals surface area contributed by atoms with Crippen LogP contribution in [0.2, 0.25) is 0 Å². The molecule has 0 amide bonds. The van der Waals surface area contributed by atoms with Gasteiger partial charge in [0.2, 0.25) is 0 Å². The summed E-state index contributed by atoms with van der Waals surface area (Å²) in [6.07, 6.45) is 11.2. The molecule has 6 nitrogen and oxygen atoms in total. The number of pyridine rings is 1. The lowest BCUT2D eigenvalue weighted by Gasteiger charge is -2.19. The molecule has 33 heavy (non-hydrogen) atoms. The number of benzene rings is 1. The van der Waals surface area contributed by atoms with Crippen molar-refractivity contribution >= 4 is 33.7 Å². The Morgan fingerprint density at radius 3 is 2.64 bits per heavy atom. The van der Waals surface area contributed by atoms with Gasteiger partial charge in [-0.3, -0.25) is 14.6 Å². The zero-order valence-corrected chi connectivity index (χ0v) is 19.2. The second-order valence-corrected chi connectivity index (χ2v) is 8.62. The van der Waals surface area contributed by atoms with Crippen LogP contribution in [0, 0.1) is 24.1 Å². The lowest BCUT2D eigenvalue weighted by molar-refractivity contribution is 0.619. The first-order valence-corrected chi connectivity index (χ1v) is 11.6. The number of nitriles is 1. The third-order valence-corrected chi connectivity index (χ3v) is 6.66. The number of allylic oxidation sites excluding steroid dienone is 1. The van der Waals surface area contributed by atoms with E-state index in [2.05, 4.69) is 22.3 Å². The minimum absolute atomic E-state index is 0.303. The monoisotopic (exact) mass is 442 g/mol. The fourth-order valence-corrected chi connectivity index (χ4v) is 4.66. The van der Waals surface area contributed by atoms with Gasteiger partial charge in [0.05, 0.1) is 28.6 Å². The van der Waals surface area contributed by atoms with E-state index in [1.165, 1.54) is 18.1 Å². The summed E-state index contributed by atoms with van der Waals surface area (Å²) < 4.78 is 16.7. The summed E-state index contributed by atoms with van der Waals surface area (Å²) in [6, 6.07) is 3.70. The molecule has 6 rings (SSSR count). The Balaban J connectivity index is 0.00000111. The molecular formula is C26H27FN6. The van der Waals surface area contributed by atoms with Crippen molar-refractivity contribution in [3.8, 4) is 11.8 Å². The number of nitrogen functional groups attached to an aromatic ring is 1. The fourth-order valence-electron chi connectivity index (χ4n) is 4.66. The van der Waals surface area contributed by atoms with Crippen LogP contribution in [0.1, 0.15) is 74.3 Å². The minimum atomic E-state index is -0.345. The van der Waals surface area contributed by atoms with Gasteiger partial charge >= 0.3 is 0 Å². The van der Waals surface area contributed by atoms with Gasteiger partial charge in [0, 0.05) is 34.0 Å². The van der Waals surface area contributed by atoms with Gasteiger partial charge < -0.3 is 5.73 Å². The van der Waals surface area contributed by atoms with E-state index in [9.17, 15) is 9.65 Å². The summed E-state index contributed by atoms with van der Waals surface area (Å²) in [5.74, 6) is 0.382. The zero-order valence-electron chi connectivity index (χ0n) is 19.2. The highest BCUT2D eigenvalue weighted by Crippen LogP contribution is 2.46. The van der Waals surface area contributed by atoms with Crippen LogP contribution in [-0.2, 0) is 0 Å². The molecule has 0 spiro atoms. The molecule has 1 aromatic carbocycles. The predicted octanol–water partition coefficient (Wildman–Crippen LogP) is 6.27. The molecule has 0 bridgehead atoms.